The van der Waals surface area contributed by atoms with Gasteiger partial charge in [-0.2, -0.15) is 0 Å². The number of aromatic nitrogens is 3. The van der Waals surface area contributed by atoms with Crippen LogP contribution in [0.4, 0.5) is 0 Å². The second kappa shape index (κ2) is 12.3. The summed E-state index contributed by atoms with van der Waals surface area (Å²) < 4.78 is 9.16. The van der Waals surface area contributed by atoms with Crippen LogP contribution in [0, 0.1) is 0 Å². The smallest absolute Gasteiger partial charge is 0.164 e. The highest BCUT2D eigenvalue weighted by Gasteiger charge is 2.34. The first kappa shape index (κ1) is 31.4. The van der Waals surface area contributed by atoms with E-state index in [0.29, 0.717) is 17.5 Å². The Morgan fingerprint density at radius 1 is 0.464 bits per heavy atom. The van der Waals surface area contributed by atoms with E-state index < -0.39 is 0 Å². The molecule has 2 aliphatic rings. The molecule has 0 N–H and O–H groups in total. The molecule has 1 atom stereocenters. The molecule has 10 aromatic rings. The van der Waals surface area contributed by atoms with E-state index >= 15 is 0 Å². The topological polar surface area (TPSA) is 47.9 Å². The minimum absolute atomic E-state index is 0.119. The molecule has 3 heterocycles. The van der Waals surface area contributed by atoms with Gasteiger partial charge in [0.25, 0.3) is 0 Å². The average Bonchev–Trinajstić information content (AvgIpc) is 3.84. The number of ether oxygens (including phenoxy) is 1. The Morgan fingerprint density at radius 3 is 2.02 bits per heavy atom. The lowest BCUT2D eigenvalue weighted by Crippen LogP contribution is -2.15. The molecule has 0 spiro atoms. The summed E-state index contributed by atoms with van der Waals surface area (Å²) in [5, 5.41) is 10.1. The Bertz CT molecular complexity index is 3320. The molecule has 0 fully saturated rings. The number of allylic oxidation sites excluding steroid dienone is 2. The molecule has 262 valence electrons. The summed E-state index contributed by atoms with van der Waals surface area (Å²) in [6.07, 6.45) is 5.02. The molecule has 8 aromatic carbocycles. The van der Waals surface area contributed by atoms with Gasteiger partial charge in [0, 0.05) is 54.4 Å². The average molecular weight is 734 g/mol. The maximum atomic E-state index is 6.64. The quantitative estimate of drug-likeness (QED) is 0.169. The fraction of sp³-hybridized carbons (Fsp3) is 0.0392. The Kier molecular flexibility index (Phi) is 6.89. The maximum absolute atomic E-state index is 6.64. The standard InChI is InChI=1S/C51H31N3OS/c1-2-10-31(11-3-1)49-52-50(35-21-26-47-42(29-35)40-13-6-7-16-46(40)56-47)54-51(53-49)41-14-8-15-45-48(41)43-28-33(20-25-44(43)55-45)32-18-22-37-34(27-32)19-24-38-36-12-5-4-9-30(36)17-23-39(37)38/h1-14,16-29,45H,15H2. The van der Waals surface area contributed by atoms with Gasteiger partial charge in [0.2, 0.25) is 0 Å². The van der Waals surface area contributed by atoms with Crippen molar-refractivity contribution in [3.63, 3.8) is 0 Å². The van der Waals surface area contributed by atoms with Crippen LogP contribution >= 0.6 is 11.3 Å². The Morgan fingerprint density at radius 2 is 1.12 bits per heavy atom. The summed E-state index contributed by atoms with van der Waals surface area (Å²) in [6.45, 7) is 0. The molecular weight excluding hydrogens is 703 g/mol. The monoisotopic (exact) mass is 733 g/mol. The van der Waals surface area contributed by atoms with Crippen molar-refractivity contribution in [3.05, 3.63) is 181 Å². The van der Waals surface area contributed by atoms with Crippen LogP contribution in [-0.2, 0) is 0 Å². The Balaban J connectivity index is 0.999. The van der Waals surface area contributed by atoms with Crippen LogP contribution < -0.4 is 4.74 Å². The molecule has 1 unspecified atom stereocenters. The predicted molar refractivity (Wildman–Crippen MR) is 233 cm³/mol. The molecular formula is C51H31N3OS. The molecule has 0 saturated carbocycles. The van der Waals surface area contributed by atoms with Gasteiger partial charge in [-0.05, 0) is 85.9 Å². The fourth-order valence-corrected chi connectivity index (χ4v) is 9.79. The molecule has 0 saturated heterocycles. The van der Waals surface area contributed by atoms with E-state index in [0.717, 1.165) is 45.6 Å². The van der Waals surface area contributed by atoms with Crippen LogP contribution in [0.5, 0.6) is 5.75 Å². The zero-order valence-corrected chi connectivity index (χ0v) is 30.9. The van der Waals surface area contributed by atoms with Crippen molar-refractivity contribution in [2.24, 2.45) is 0 Å². The van der Waals surface area contributed by atoms with Crippen molar-refractivity contribution >= 4 is 75.0 Å². The zero-order chi connectivity index (χ0) is 36.7. The molecule has 0 bridgehead atoms. The highest BCUT2D eigenvalue weighted by Crippen LogP contribution is 2.47. The lowest BCUT2D eigenvalue weighted by Gasteiger charge is -2.18. The van der Waals surface area contributed by atoms with Gasteiger partial charge < -0.3 is 4.74 Å². The van der Waals surface area contributed by atoms with Crippen molar-refractivity contribution in [2.45, 2.75) is 12.5 Å². The van der Waals surface area contributed by atoms with Crippen LogP contribution in [0.3, 0.4) is 0 Å². The number of hydrogen-bond acceptors (Lipinski definition) is 5. The third-order valence-corrected chi connectivity index (χ3v) is 12.6. The molecule has 1 aliphatic heterocycles. The number of rotatable bonds is 4. The molecule has 0 amide bonds. The lowest BCUT2D eigenvalue weighted by atomic mass is 9.88. The summed E-state index contributed by atoms with van der Waals surface area (Å²) in [4.78, 5) is 15.5. The van der Waals surface area contributed by atoms with E-state index in [1.54, 1.807) is 0 Å². The third-order valence-electron chi connectivity index (χ3n) is 11.4. The van der Waals surface area contributed by atoms with Crippen molar-refractivity contribution in [1.29, 1.82) is 0 Å². The van der Waals surface area contributed by atoms with Gasteiger partial charge in [-0.25, -0.2) is 15.0 Å². The van der Waals surface area contributed by atoms with E-state index in [9.17, 15) is 0 Å². The van der Waals surface area contributed by atoms with Gasteiger partial charge in [-0.3, -0.25) is 0 Å². The van der Waals surface area contributed by atoms with Gasteiger partial charge in [-0.15, -0.1) is 11.3 Å². The molecule has 1 aliphatic carbocycles. The van der Waals surface area contributed by atoms with Crippen LogP contribution in [0.15, 0.2) is 170 Å². The van der Waals surface area contributed by atoms with E-state index in [1.807, 2.05) is 29.5 Å². The van der Waals surface area contributed by atoms with Crippen molar-refractivity contribution < 1.29 is 4.74 Å². The first-order valence-electron chi connectivity index (χ1n) is 19.0. The maximum Gasteiger partial charge on any atom is 0.164 e. The van der Waals surface area contributed by atoms with Crippen molar-refractivity contribution in [1.82, 2.24) is 15.0 Å². The van der Waals surface area contributed by atoms with Crippen molar-refractivity contribution in [2.75, 3.05) is 0 Å². The Hall–Kier alpha value is -6.95. The number of fused-ring (bicyclic) bond motifs is 11. The van der Waals surface area contributed by atoms with Gasteiger partial charge in [-0.1, -0.05) is 127 Å². The van der Waals surface area contributed by atoms with Gasteiger partial charge in [0.15, 0.2) is 17.5 Å². The summed E-state index contributed by atoms with van der Waals surface area (Å²) >= 11 is 1.81. The summed E-state index contributed by atoms with van der Waals surface area (Å²) in [5.41, 5.74) is 7.41. The highest BCUT2D eigenvalue weighted by atomic mass is 32.1. The van der Waals surface area contributed by atoms with Crippen LogP contribution in [-0.4, -0.2) is 21.1 Å². The Labute approximate surface area is 326 Å². The van der Waals surface area contributed by atoms with Gasteiger partial charge in [0.05, 0.1) is 0 Å². The second-order valence-corrected chi connectivity index (χ2v) is 15.7. The first-order valence-corrected chi connectivity index (χ1v) is 19.8. The molecule has 5 heteroatoms. The third kappa shape index (κ3) is 4.94. The van der Waals surface area contributed by atoms with E-state index in [-0.39, 0.29) is 6.10 Å². The minimum Gasteiger partial charge on any atom is -0.485 e. The van der Waals surface area contributed by atoms with Crippen molar-refractivity contribution in [3.8, 4) is 39.7 Å². The molecule has 4 nitrogen and oxygen atoms in total. The largest absolute Gasteiger partial charge is 0.485 e. The van der Waals surface area contributed by atoms with Crippen LogP contribution in [0.25, 0.3) is 97.5 Å². The second-order valence-electron chi connectivity index (χ2n) is 14.6. The number of hydrogen-bond donors (Lipinski definition) is 0. The molecule has 0 radical (unpaired) electrons. The summed E-state index contributed by atoms with van der Waals surface area (Å²) in [7, 11) is 0. The normalized spacial score (nSPS) is 14.9. The summed E-state index contributed by atoms with van der Waals surface area (Å²) in [5.74, 6) is 2.83. The van der Waals surface area contributed by atoms with E-state index in [2.05, 4.69) is 152 Å². The molecule has 2 aromatic heterocycles. The number of benzene rings is 8. The predicted octanol–water partition coefficient (Wildman–Crippen LogP) is 13.3. The summed E-state index contributed by atoms with van der Waals surface area (Å²) in [6, 6.07) is 56.4. The minimum atomic E-state index is -0.119. The number of thiophene rings is 1. The molecule has 56 heavy (non-hydrogen) atoms. The molecule has 12 rings (SSSR count). The van der Waals surface area contributed by atoms with Crippen LogP contribution in [0.2, 0.25) is 0 Å². The van der Waals surface area contributed by atoms with Gasteiger partial charge >= 0.3 is 0 Å². The van der Waals surface area contributed by atoms with E-state index in [4.69, 9.17) is 19.7 Å². The SMILES string of the molecule is C1=CC(c2nc(-c3ccccc3)nc(-c3ccc4sc5ccccc5c4c3)n2)=C2c3cc(-c4ccc5c(ccc6c7ccccc7ccc56)c4)ccc3OC2C1. The van der Waals surface area contributed by atoms with Crippen LogP contribution in [0.1, 0.15) is 17.8 Å². The van der Waals surface area contributed by atoms with E-state index in [1.165, 1.54) is 58.1 Å². The zero-order valence-electron chi connectivity index (χ0n) is 30.1. The highest BCUT2D eigenvalue weighted by molar-refractivity contribution is 7.25. The number of nitrogens with zero attached hydrogens (tertiary/aromatic N) is 3. The first-order chi connectivity index (χ1) is 27.7. The van der Waals surface area contributed by atoms with Gasteiger partial charge in [0.1, 0.15) is 11.9 Å². The lowest BCUT2D eigenvalue weighted by molar-refractivity contribution is 0.279. The fourth-order valence-electron chi connectivity index (χ4n) is 8.70.